The number of fused-ring (bicyclic) bond motifs is 1. The van der Waals surface area contributed by atoms with Crippen LogP contribution in [0.25, 0.3) is 16.5 Å². The molecule has 1 heterocycles. The highest BCUT2D eigenvalue weighted by Crippen LogP contribution is 2.42. The number of phenols is 1. The monoisotopic (exact) mass is 443 g/mol. The molecular weight excluding hydrogens is 416 g/mol. The van der Waals surface area contributed by atoms with Crippen molar-refractivity contribution in [2.24, 2.45) is 0 Å². The van der Waals surface area contributed by atoms with Crippen molar-refractivity contribution in [3.63, 3.8) is 0 Å². The van der Waals surface area contributed by atoms with Crippen LogP contribution in [0.4, 0.5) is 8.78 Å². The second-order valence-electron chi connectivity index (χ2n) is 8.41. The minimum atomic E-state index is -0.934. The van der Waals surface area contributed by atoms with E-state index in [9.17, 15) is 13.9 Å². The number of unbranched alkanes of at least 4 members (excludes halogenated alkanes) is 1. The van der Waals surface area contributed by atoms with E-state index in [4.69, 9.17) is 11.6 Å². The van der Waals surface area contributed by atoms with Gasteiger partial charge in [-0.2, -0.15) is 0 Å². The molecular formula is C26H28ClF2NO. The Kier molecular flexibility index (Phi) is 6.38. The van der Waals surface area contributed by atoms with Gasteiger partial charge in [-0.05, 0) is 61.8 Å². The lowest BCUT2D eigenvalue weighted by Gasteiger charge is -2.22. The van der Waals surface area contributed by atoms with Crippen molar-refractivity contribution in [2.75, 3.05) is 0 Å². The molecule has 2 atom stereocenters. The fourth-order valence-electron chi connectivity index (χ4n) is 4.43. The minimum absolute atomic E-state index is 0.166. The SMILES string of the molecule is CCC(Cl)CCCCc1ccccc1C(C)n1c(C2=CC2)cc2c(O)c(F)cc(F)c21. The lowest BCUT2D eigenvalue weighted by atomic mass is 9.96. The second kappa shape index (κ2) is 9.04. The topological polar surface area (TPSA) is 25.2 Å². The van der Waals surface area contributed by atoms with Crippen molar-refractivity contribution < 1.29 is 13.9 Å². The van der Waals surface area contributed by atoms with Crippen LogP contribution in [0.3, 0.4) is 0 Å². The molecule has 0 amide bonds. The third-order valence-corrected chi connectivity index (χ3v) is 6.81. The van der Waals surface area contributed by atoms with Crippen LogP contribution < -0.4 is 0 Å². The van der Waals surface area contributed by atoms with Gasteiger partial charge in [0.2, 0.25) is 0 Å². The smallest absolute Gasteiger partial charge is 0.168 e. The van der Waals surface area contributed by atoms with Crippen LogP contribution in [-0.2, 0) is 6.42 Å². The summed E-state index contributed by atoms with van der Waals surface area (Å²) >= 11 is 6.25. The fourth-order valence-corrected chi connectivity index (χ4v) is 4.58. The van der Waals surface area contributed by atoms with Gasteiger partial charge in [-0.3, -0.25) is 0 Å². The molecule has 1 aliphatic carbocycles. The van der Waals surface area contributed by atoms with Crippen LogP contribution in [0, 0.1) is 11.6 Å². The maximum Gasteiger partial charge on any atom is 0.168 e. The number of allylic oxidation sites excluding steroid dienone is 2. The molecule has 0 radical (unpaired) electrons. The van der Waals surface area contributed by atoms with Crippen molar-refractivity contribution >= 4 is 28.1 Å². The van der Waals surface area contributed by atoms with Crippen LogP contribution in [0.15, 0.2) is 42.5 Å². The van der Waals surface area contributed by atoms with Crippen molar-refractivity contribution in [3.8, 4) is 5.75 Å². The van der Waals surface area contributed by atoms with Gasteiger partial charge in [-0.25, -0.2) is 8.78 Å². The van der Waals surface area contributed by atoms with Crippen molar-refractivity contribution in [2.45, 2.75) is 63.8 Å². The molecule has 0 saturated heterocycles. The number of phenolic OH excluding ortho intramolecular Hbond substituents is 1. The highest BCUT2D eigenvalue weighted by Gasteiger charge is 2.27. The van der Waals surface area contributed by atoms with Gasteiger partial charge < -0.3 is 9.67 Å². The zero-order valence-corrected chi connectivity index (χ0v) is 18.7. The first-order valence-corrected chi connectivity index (χ1v) is 11.5. The highest BCUT2D eigenvalue weighted by molar-refractivity contribution is 6.20. The third-order valence-electron chi connectivity index (χ3n) is 6.28. The van der Waals surface area contributed by atoms with Crippen LogP contribution >= 0.6 is 11.6 Å². The van der Waals surface area contributed by atoms with E-state index >= 15 is 0 Å². The van der Waals surface area contributed by atoms with E-state index in [1.54, 1.807) is 6.07 Å². The van der Waals surface area contributed by atoms with Gasteiger partial charge in [0.05, 0.1) is 11.6 Å². The number of benzene rings is 2. The maximum absolute atomic E-state index is 14.9. The molecule has 0 saturated carbocycles. The average molecular weight is 444 g/mol. The lowest BCUT2D eigenvalue weighted by Crippen LogP contribution is -2.12. The predicted octanol–water partition coefficient (Wildman–Crippen LogP) is 7.75. The summed E-state index contributed by atoms with van der Waals surface area (Å²) in [6.45, 7) is 4.14. The van der Waals surface area contributed by atoms with Crippen LogP contribution in [0.1, 0.15) is 68.8 Å². The number of aromatic hydroxyl groups is 1. The Morgan fingerprint density at radius 2 is 1.87 bits per heavy atom. The molecule has 0 aliphatic heterocycles. The van der Waals surface area contributed by atoms with E-state index < -0.39 is 17.4 Å². The third kappa shape index (κ3) is 4.36. The number of hydrogen-bond donors (Lipinski definition) is 1. The van der Waals surface area contributed by atoms with Gasteiger partial charge in [-0.1, -0.05) is 43.7 Å². The van der Waals surface area contributed by atoms with E-state index in [1.165, 1.54) is 5.56 Å². The molecule has 0 fully saturated rings. The summed E-state index contributed by atoms with van der Waals surface area (Å²) in [7, 11) is 0. The van der Waals surface area contributed by atoms with Gasteiger partial charge in [0.25, 0.3) is 0 Å². The number of nitrogens with zero attached hydrogens (tertiary/aromatic N) is 1. The van der Waals surface area contributed by atoms with E-state index in [0.717, 1.165) is 61.4 Å². The highest BCUT2D eigenvalue weighted by atomic mass is 35.5. The van der Waals surface area contributed by atoms with Gasteiger partial charge >= 0.3 is 0 Å². The summed E-state index contributed by atoms with van der Waals surface area (Å²) in [6.07, 6.45) is 7.90. The molecule has 3 aromatic rings. The number of aromatic nitrogens is 1. The minimum Gasteiger partial charge on any atom is -0.504 e. The van der Waals surface area contributed by atoms with Crippen molar-refractivity contribution in [3.05, 3.63) is 70.9 Å². The molecule has 31 heavy (non-hydrogen) atoms. The maximum atomic E-state index is 14.9. The summed E-state index contributed by atoms with van der Waals surface area (Å²) in [5.74, 6) is -2.09. The summed E-state index contributed by atoms with van der Waals surface area (Å²) in [4.78, 5) is 0. The largest absolute Gasteiger partial charge is 0.504 e. The van der Waals surface area contributed by atoms with Gasteiger partial charge in [0.1, 0.15) is 0 Å². The lowest BCUT2D eigenvalue weighted by molar-refractivity contribution is 0.435. The first-order valence-electron chi connectivity index (χ1n) is 11.1. The zero-order chi connectivity index (χ0) is 22.1. The van der Waals surface area contributed by atoms with Gasteiger partial charge in [0.15, 0.2) is 17.4 Å². The van der Waals surface area contributed by atoms with Crippen LogP contribution in [0.5, 0.6) is 5.75 Å². The molecule has 1 aromatic heterocycles. The van der Waals surface area contributed by atoms with Crippen LogP contribution in [0.2, 0.25) is 0 Å². The number of hydrogen-bond acceptors (Lipinski definition) is 1. The molecule has 1 aliphatic rings. The second-order valence-corrected chi connectivity index (χ2v) is 9.03. The Morgan fingerprint density at radius 1 is 1.13 bits per heavy atom. The van der Waals surface area contributed by atoms with Crippen LogP contribution in [-0.4, -0.2) is 15.1 Å². The fraction of sp³-hybridized carbons (Fsp3) is 0.385. The number of rotatable bonds is 9. The summed E-state index contributed by atoms with van der Waals surface area (Å²) < 4.78 is 30.8. The number of aryl methyl sites for hydroxylation is 1. The number of alkyl halides is 1. The van der Waals surface area contributed by atoms with E-state index in [0.29, 0.717) is 0 Å². The first kappa shape index (κ1) is 21.9. The van der Waals surface area contributed by atoms with Gasteiger partial charge in [-0.15, -0.1) is 11.6 Å². The molecule has 2 unspecified atom stereocenters. The standard InChI is InChI=1S/C26H28ClF2NO/c1-3-19(27)10-6-4-8-17-9-5-7-11-20(17)16(2)30-24(18-12-13-18)14-21-25(30)22(28)15-23(29)26(21)31/h5,7,9,11-12,14-16,19,31H,3-4,6,8,10,13H2,1-2H3. The molecule has 4 rings (SSSR count). The quantitative estimate of drug-likeness (QED) is 0.265. The molecule has 2 nitrogen and oxygen atoms in total. The van der Waals surface area contributed by atoms with Gasteiger partial charge in [0, 0.05) is 22.5 Å². The predicted molar refractivity (Wildman–Crippen MR) is 124 cm³/mol. The normalized spacial score (nSPS) is 15.2. The molecule has 0 spiro atoms. The Labute approximate surface area is 187 Å². The molecule has 0 bridgehead atoms. The Hall–Kier alpha value is -2.33. The summed E-state index contributed by atoms with van der Waals surface area (Å²) in [5, 5.41) is 10.7. The van der Waals surface area contributed by atoms with Crippen molar-refractivity contribution in [1.29, 1.82) is 0 Å². The Morgan fingerprint density at radius 3 is 2.58 bits per heavy atom. The first-order chi connectivity index (χ1) is 14.9. The Balaban J connectivity index is 1.71. The van der Waals surface area contributed by atoms with E-state index in [2.05, 4.69) is 25.1 Å². The Bertz CT molecular complexity index is 1130. The van der Waals surface area contributed by atoms with E-state index in [1.807, 2.05) is 23.6 Å². The summed E-state index contributed by atoms with van der Waals surface area (Å²) in [6, 6.07) is 10.5. The molecule has 1 N–H and O–H groups in total. The van der Waals surface area contributed by atoms with Crippen molar-refractivity contribution in [1.82, 2.24) is 4.57 Å². The average Bonchev–Trinajstić information content (AvgIpc) is 3.53. The number of halogens is 3. The van der Waals surface area contributed by atoms with E-state index in [-0.39, 0.29) is 22.3 Å². The zero-order valence-electron chi connectivity index (χ0n) is 18.0. The summed E-state index contributed by atoms with van der Waals surface area (Å²) in [5.41, 5.74) is 4.51. The molecule has 5 heteroatoms. The molecule has 164 valence electrons. The molecule has 2 aromatic carbocycles.